The lowest BCUT2D eigenvalue weighted by molar-refractivity contribution is 0.0928. The fourth-order valence-corrected chi connectivity index (χ4v) is 4.45. The number of fused-ring (bicyclic) bond motifs is 2. The van der Waals surface area contributed by atoms with E-state index in [1.807, 2.05) is 17.5 Å². The second-order valence-corrected chi connectivity index (χ2v) is 7.66. The van der Waals surface area contributed by atoms with Crippen LogP contribution in [0.2, 0.25) is 0 Å². The summed E-state index contributed by atoms with van der Waals surface area (Å²) in [7, 11) is 0. The first-order valence-corrected chi connectivity index (χ1v) is 10.2. The Bertz CT molecular complexity index is 1000. The SMILES string of the molecule is O=C(NC1CCc2nnc(-c3ccncc3)n2CC1)c1scc2c1OCCO2. The van der Waals surface area contributed by atoms with E-state index in [1.165, 1.54) is 11.3 Å². The highest BCUT2D eigenvalue weighted by Crippen LogP contribution is 2.39. The number of ether oxygens (including phenoxy) is 2. The van der Waals surface area contributed by atoms with E-state index in [-0.39, 0.29) is 11.9 Å². The molecule has 0 aliphatic carbocycles. The van der Waals surface area contributed by atoms with Gasteiger partial charge >= 0.3 is 0 Å². The fourth-order valence-electron chi connectivity index (χ4n) is 3.62. The smallest absolute Gasteiger partial charge is 0.265 e. The van der Waals surface area contributed by atoms with Crippen molar-refractivity contribution in [2.75, 3.05) is 13.2 Å². The van der Waals surface area contributed by atoms with E-state index in [1.54, 1.807) is 12.4 Å². The van der Waals surface area contributed by atoms with Gasteiger partial charge in [0.05, 0.1) is 0 Å². The van der Waals surface area contributed by atoms with Gasteiger partial charge < -0.3 is 19.4 Å². The number of nitrogens with zero attached hydrogens (tertiary/aromatic N) is 4. The lowest BCUT2D eigenvalue weighted by Crippen LogP contribution is -2.35. The van der Waals surface area contributed by atoms with Gasteiger partial charge in [-0.2, -0.15) is 0 Å². The molecule has 0 radical (unpaired) electrons. The molecule has 8 nitrogen and oxygen atoms in total. The van der Waals surface area contributed by atoms with Crippen LogP contribution in [0, 0.1) is 0 Å². The molecule has 2 aliphatic heterocycles. The first-order chi connectivity index (χ1) is 13.8. The number of thiophene rings is 1. The molecule has 0 saturated heterocycles. The molecule has 1 atom stereocenters. The van der Waals surface area contributed by atoms with Gasteiger partial charge in [-0.1, -0.05) is 0 Å². The van der Waals surface area contributed by atoms with Crippen LogP contribution in [0.4, 0.5) is 0 Å². The average Bonchev–Trinajstić information content (AvgIpc) is 3.30. The molecular formula is C19H19N5O3S. The lowest BCUT2D eigenvalue weighted by Gasteiger charge is -2.18. The van der Waals surface area contributed by atoms with Gasteiger partial charge in [0, 0.05) is 42.3 Å². The zero-order valence-electron chi connectivity index (χ0n) is 15.1. The molecular weight excluding hydrogens is 378 g/mol. The Labute approximate surface area is 165 Å². The number of aryl methyl sites for hydroxylation is 1. The van der Waals surface area contributed by atoms with Crippen molar-refractivity contribution < 1.29 is 14.3 Å². The number of hydrogen-bond acceptors (Lipinski definition) is 7. The second-order valence-electron chi connectivity index (χ2n) is 6.78. The summed E-state index contributed by atoms with van der Waals surface area (Å²) in [5.41, 5.74) is 0.999. The van der Waals surface area contributed by atoms with E-state index in [4.69, 9.17) is 9.47 Å². The number of amides is 1. The molecule has 28 heavy (non-hydrogen) atoms. The Morgan fingerprint density at radius 3 is 2.93 bits per heavy atom. The molecule has 1 N–H and O–H groups in total. The Morgan fingerprint density at radius 1 is 1.18 bits per heavy atom. The molecule has 3 aromatic rings. The Hall–Kier alpha value is -2.94. The van der Waals surface area contributed by atoms with E-state index in [9.17, 15) is 4.79 Å². The van der Waals surface area contributed by atoms with Crippen molar-refractivity contribution in [2.24, 2.45) is 0 Å². The molecule has 5 rings (SSSR count). The number of aromatic nitrogens is 4. The number of carbonyl (C=O) groups excluding carboxylic acids is 1. The largest absolute Gasteiger partial charge is 0.485 e. The highest BCUT2D eigenvalue weighted by molar-refractivity contribution is 7.12. The summed E-state index contributed by atoms with van der Waals surface area (Å²) in [6.07, 6.45) is 5.92. The molecule has 0 fully saturated rings. The van der Waals surface area contributed by atoms with Gasteiger partial charge in [-0.15, -0.1) is 21.5 Å². The molecule has 1 amide bonds. The minimum atomic E-state index is -0.103. The lowest BCUT2D eigenvalue weighted by atomic mass is 10.1. The summed E-state index contributed by atoms with van der Waals surface area (Å²) < 4.78 is 13.3. The predicted octanol–water partition coefficient (Wildman–Crippen LogP) is 2.31. The minimum absolute atomic E-state index is 0.0711. The molecule has 1 unspecified atom stereocenters. The quantitative estimate of drug-likeness (QED) is 0.729. The van der Waals surface area contributed by atoms with Gasteiger partial charge in [0.1, 0.15) is 23.9 Å². The molecule has 144 valence electrons. The van der Waals surface area contributed by atoms with Crippen molar-refractivity contribution >= 4 is 17.2 Å². The standard InChI is InChI=1S/C19H19N5O3S/c25-19(17-16-14(11-28-17)26-9-10-27-16)21-13-1-2-15-22-23-18(24(15)8-5-13)12-3-6-20-7-4-12/h3-4,6-7,11,13H,1-2,5,8-10H2,(H,21,25). The van der Waals surface area contributed by atoms with Gasteiger partial charge in [0.15, 0.2) is 17.3 Å². The number of pyridine rings is 1. The summed E-state index contributed by atoms with van der Waals surface area (Å²) >= 11 is 1.36. The van der Waals surface area contributed by atoms with Crippen molar-refractivity contribution in [1.82, 2.24) is 25.1 Å². The molecule has 0 bridgehead atoms. The normalized spacial score (nSPS) is 18.2. The predicted molar refractivity (Wildman–Crippen MR) is 103 cm³/mol. The van der Waals surface area contributed by atoms with E-state index < -0.39 is 0 Å². The van der Waals surface area contributed by atoms with Crippen molar-refractivity contribution in [3.8, 4) is 22.9 Å². The zero-order valence-corrected chi connectivity index (χ0v) is 15.9. The highest BCUT2D eigenvalue weighted by atomic mass is 32.1. The molecule has 0 spiro atoms. The summed E-state index contributed by atoms with van der Waals surface area (Å²) in [6, 6.07) is 3.94. The summed E-state index contributed by atoms with van der Waals surface area (Å²) in [6.45, 7) is 1.75. The number of hydrogen-bond donors (Lipinski definition) is 1. The zero-order chi connectivity index (χ0) is 18.9. The van der Waals surface area contributed by atoms with Crippen molar-refractivity contribution in [1.29, 1.82) is 0 Å². The summed E-state index contributed by atoms with van der Waals surface area (Å²) in [5.74, 6) is 2.93. The van der Waals surface area contributed by atoms with E-state index in [2.05, 4.69) is 25.1 Å². The molecule has 9 heteroatoms. The van der Waals surface area contributed by atoms with Crippen molar-refractivity contribution in [2.45, 2.75) is 31.8 Å². The summed E-state index contributed by atoms with van der Waals surface area (Å²) in [4.78, 5) is 17.4. The third-order valence-corrected chi connectivity index (χ3v) is 5.96. The maximum Gasteiger partial charge on any atom is 0.265 e. The molecule has 0 aromatic carbocycles. The van der Waals surface area contributed by atoms with Crippen LogP contribution in [0.3, 0.4) is 0 Å². The van der Waals surface area contributed by atoms with Crippen LogP contribution in [-0.4, -0.2) is 44.9 Å². The van der Waals surface area contributed by atoms with Crippen LogP contribution >= 0.6 is 11.3 Å². The number of nitrogens with one attached hydrogen (secondary N) is 1. The molecule has 0 saturated carbocycles. The Balaban J connectivity index is 1.30. The van der Waals surface area contributed by atoms with Gasteiger partial charge in [-0.25, -0.2) is 0 Å². The fraction of sp³-hybridized carbons (Fsp3) is 0.368. The number of carbonyl (C=O) groups is 1. The third-order valence-electron chi connectivity index (χ3n) is 5.03. The first kappa shape index (κ1) is 17.2. The van der Waals surface area contributed by atoms with Crippen LogP contribution in [-0.2, 0) is 13.0 Å². The molecule has 5 heterocycles. The maximum atomic E-state index is 12.8. The van der Waals surface area contributed by atoms with Crippen molar-refractivity contribution in [3.63, 3.8) is 0 Å². The first-order valence-electron chi connectivity index (χ1n) is 9.30. The van der Waals surface area contributed by atoms with E-state index in [0.717, 1.165) is 43.0 Å². The minimum Gasteiger partial charge on any atom is -0.485 e. The third kappa shape index (κ3) is 3.11. The van der Waals surface area contributed by atoms with Crippen LogP contribution in [0.15, 0.2) is 29.9 Å². The summed E-state index contributed by atoms with van der Waals surface area (Å²) in [5, 5.41) is 13.7. The van der Waals surface area contributed by atoms with Gasteiger partial charge in [0.25, 0.3) is 5.91 Å². The van der Waals surface area contributed by atoms with Crippen LogP contribution in [0.25, 0.3) is 11.4 Å². The van der Waals surface area contributed by atoms with Crippen LogP contribution in [0.1, 0.15) is 28.3 Å². The second kappa shape index (κ2) is 7.23. The van der Waals surface area contributed by atoms with Gasteiger partial charge in [0.2, 0.25) is 0 Å². The van der Waals surface area contributed by atoms with Crippen LogP contribution in [0.5, 0.6) is 11.5 Å². The molecule has 2 aliphatic rings. The van der Waals surface area contributed by atoms with E-state index in [0.29, 0.717) is 29.6 Å². The van der Waals surface area contributed by atoms with E-state index >= 15 is 0 Å². The maximum absolute atomic E-state index is 12.8. The number of rotatable bonds is 3. The average molecular weight is 397 g/mol. The highest BCUT2D eigenvalue weighted by Gasteiger charge is 2.27. The Morgan fingerprint density at radius 2 is 2.04 bits per heavy atom. The monoisotopic (exact) mass is 397 g/mol. The molecule has 3 aromatic heterocycles. The Kier molecular flexibility index (Phi) is 4.44. The van der Waals surface area contributed by atoms with Crippen LogP contribution < -0.4 is 14.8 Å². The van der Waals surface area contributed by atoms with Crippen molar-refractivity contribution in [3.05, 3.63) is 40.6 Å². The van der Waals surface area contributed by atoms with Gasteiger partial charge in [-0.05, 0) is 25.0 Å². The topological polar surface area (TPSA) is 91.2 Å². The van der Waals surface area contributed by atoms with Gasteiger partial charge in [-0.3, -0.25) is 9.78 Å².